The van der Waals surface area contributed by atoms with Crippen LogP contribution in [0.3, 0.4) is 0 Å². The molecule has 2 amide bonds. The van der Waals surface area contributed by atoms with Crippen LogP contribution in [-0.2, 0) is 0 Å². The molecule has 1 aliphatic rings. The van der Waals surface area contributed by atoms with Gasteiger partial charge < -0.3 is 15.0 Å². The summed E-state index contributed by atoms with van der Waals surface area (Å²) in [6.07, 6.45) is 0.904. The number of carbonyl (C=O) groups is 1. The predicted molar refractivity (Wildman–Crippen MR) is 92.2 cm³/mol. The van der Waals surface area contributed by atoms with E-state index in [0.717, 1.165) is 17.8 Å². The molecule has 0 saturated carbocycles. The van der Waals surface area contributed by atoms with Crippen molar-refractivity contribution < 1.29 is 13.9 Å². The van der Waals surface area contributed by atoms with Gasteiger partial charge in [0, 0.05) is 18.8 Å². The molecule has 1 atom stereocenters. The molecule has 3 rings (SSSR count). The van der Waals surface area contributed by atoms with E-state index < -0.39 is 0 Å². The van der Waals surface area contributed by atoms with Crippen LogP contribution in [0.4, 0.5) is 9.18 Å². The second-order valence-corrected chi connectivity index (χ2v) is 6.29. The average Bonchev–Trinajstić information content (AvgIpc) is 3.19. The van der Waals surface area contributed by atoms with E-state index in [1.165, 1.54) is 12.1 Å². The summed E-state index contributed by atoms with van der Waals surface area (Å²) in [5, 5.41) is 7.37. The quantitative estimate of drug-likeness (QED) is 0.847. The summed E-state index contributed by atoms with van der Waals surface area (Å²) in [4.78, 5) is 14.1. The van der Waals surface area contributed by atoms with Crippen LogP contribution in [0.15, 0.2) is 30.3 Å². The number of nitrogens with zero attached hydrogens (tertiary/aromatic N) is 3. The molecule has 1 aliphatic heterocycles. The van der Waals surface area contributed by atoms with Crippen LogP contribution < -0.4 is 10.1 Å². The zero-order valence-corrected chi connectivity index (χ0v) is 14.5. The van der Waals surface area contributed by atoms with Crippen LogP contribution in [0.5, 0.6) is 5.75 Å². The highest BCUT2D eigenvalue weighted by Gasteiger charge is 2.28. The van der Waals surface area contributed by atoms with E-state index in [1.54, 1.807) is 17.0 Å². The maximum Gasteiger partial charge on any atom is 0.317 e. The third-order valence-corrected chi connectivity index (χ3v) is 4.30. The third-order valence-electron chi connectivity index (χ3n) is 4.30. The molecular weight excluding hydrogens is 323 g/mol. The van der Waals surface area contributed by atoms with Crippen molar-refractivity contribution in [2.75, 3.05) is 26.2 Å². The first kappa shape index (κ1) is 17.3. The van der Waals surface area contributed by atoms with Gasteiger partial charge >= 0.3 is 6.03 Å². The Labute approximate surface area is 146 Å². The molecule has 25 heavy (non-hydrogen) atoms. The van der Waals surface area contributed by atoms with Gasteiger partial charge in [0.2, 0.25) is 0 Å². The van der Waals surface area contributed by atoms with E-state index in [-0.39, 0.29) is 17.9 Å². The monoisotopic (exact) mass is 346 g/mol. The summed E-state index contributed by atoms with van der Waals surface area (Å²) in [7, 11) is 0. The highest BCUT2D eigenvalue weighted by atomic mass is 19.1. The smallest absolute Gasteiger partial charge is 0.317 e. The summed E-state index contributed by atoms with van der Waals surface area (Å²) in [6.45, 7) is 6.13. The number of ether oxygens (including phenoxy) is 1. The summed E-state index contributed by atoms with van der Waals surface area (Å²) in [6, 6.07) is 8.01. The molecule has 0 bridgehead atoms. The van der Waals surface area contributed by atoms with Gasteiger partial charge in [0.05, 0.1) is 18.3 Å². The van der Waals surface area contributed by atoms with Crippen LogP contribution in [0.2, 0.25) is 0 Å². The number of rotatable bonds is 5. The fourth-order valence-electron chi connectivity index (χ4n) is 3.11. The standard InChI is InChI=1S/C18H23FN4O2/c1-13-11-14(2)23(21-13)16-7-9-22(12-16)18(24)20-8-10-25-17-5-3-15(19)4-6-17/h3-6,11,16H,7-10,12H2,1-2H3,(H,20,24)/t16-/m1/s1. The number of amides is 2. The molecule has 1 N–H and O–H groups in total. The Morgan fingerprint density at radius 3 is 2.80 bits per heavy atom. The molecule has 1 aromatic carbocycles. The van der Waals surface area contributed by atoms with Gasteiger partial charge in [-0.15, -0.1) is 0 Å². The first-order valence-corrected chi connectivity index (χ1v) is 8.47. The molecule has 0 aliphatic carbocycles. The van der Waals surface area contributed by atoms with Gasteiger partial charge in [-0.3, -0.25) is 4.68 Å². The van der Waals surface area contributed by atoms with Gasteiger partial charge in [-0.1, -0.05) is 0 Å². The van der Waals surface area contributed by atoms with Gasteiger partial charge in [0.25, 0.3) is 0 Å². The molecule has 6 nitrogen and oxygen atoms in total. The molecule has 0 radical (unpaired) electrons. The van der Waals surface area contributed by atoms with E-state index in [2.05, 4.69) is 16.5 Å². The van der Waals surface area contributed by atoms with Crippen molar-refractivity contribution >= 4 is 6.03 Å². The van der Waals surface area contributed by atoms with E-state index in [4.69, 9.17) is 4.74 Å². The zero-order valence-electron chi connectivity index (χ0n) is 14.5. The van der Waals surface area contributed by atoms with Crippen molar-refractivity contribution in [3.8, 4) is 5.75 Å². The minimum atomic E-state index is -0.299. The summed E-state index contributed by atoms with van der Waals surface area (Å²) in [5.41, 5.74) is 2.12. The first-order chi connectivity index (χ1) is 12.0. The summed E-state index contributed by atoms with van der Waals surface area (Å²) >= 11 is 0. The number of benzene rings is 1. The van der Waals surface area contributed by atoms with Crippen LogP contribution in [0.25, 0.3) is 0 Å². The lowest BCUT2D eigenvalue weighted by Crippen LogP contribution is -2.40. The number of aryl methyl sites for hydroxylation is 2. The maximum atomic E-state index is 12.8. The van der Waals surface area contributed by atoms with Crippen LogP contribution in [-0.4, -0.2) is 47.0 Å². The van der Waals surface area contributed by atoms with E-state index in [0.29, 0.717) is 32.0 Å². The normalized spacial score (nSPS) is 16.9. The zero-order chi connectivity index (χ0) is 17.8. The lowest BCUT2D eigenvalue weighted by molar-refractivity contribution is 0.203. The number of hydrogen-bond donors (Lipinski definition) is 1. The largest absolute Gasteiger partial charge is 0.492 e. The third kappa shape index (κ3) is 4.29. The van der Waals surface area contributed by atoms with Crippen molar-refractivity contribution in [3.05, 3.63) is 47.5 Å². The summed E-state index contributed by atoms with van der Waals surface area (Å²) < 4.78 is 20.3. The van der Waals surface area contributed by atoms with Gasteiger partial charge in [-0.05, 0) is 50.6 Å². The van der Waals surface area contributed by atoms with Crippen LogP contribution >= 0.6 is 0 Å². The highest BCUT2D eigenvalue weighted by molar-refractivity contribution is 5.74. The van der Waals surface area contributed by atoms with Crippen molar-refractivity contribution in [2.45, 2.75) is 26.3 Å². The number of likely N-dealkylation sites (tertiary alicyclic amines) is 1. The van der Waals surface area contributed by atoms with Crippen LogP contribution in [0.1, 0.15) is 23.9 Å². The maximum absolute atomic E-state index is 12.8. The fourth-order valence-corrected chi connectivity index (χ4v) is 3.11. The second kappa shape index (κ2) is 7.55. The highest BCUT2D eigenvalue weighted by Crippen LogP contribution is 2.22. The number of carbonyl (C=O) groups excluding carboxylic acids is 1. The fraction of sp³-hybridized carbons (Fsp3) is 0.444. The Bertz CT molecular complexity index is 729. The van der Waals surface area contributed by atoms with E-state index >= 15 is 0 Å². The lowest BCUT2D eigenvalue weighted by Gasteiger charge is -2.18. The molecule has 1 saturated heterocycles. The Hall–Kier alpha value is -2.57. The van der Waals surface area contributed by atoms with Gasteiger partial charge in [-0.25, -0.2) is 9.18 Å². The number of hydrogen-bond acceptors (Lipinski definition) is 3. The van der Waals surface area contributed by atoms with Crippen LogP contribution in [0, 0.1) is 19.7 Å². The number of aromatic nitrogens is 2. The molecule has 0 spiro atoms. The molecule has 7 heteroatoms. The first-order valence-electron chi connectivity index (χ1n) is 8.47. The minimum Gasteiger partial charge on any atom is -0.492 e. The molecular formula is C18H23FN4O2. The second-order valence-electron chi connectivity index (χ2n) is 6.29. The van der Waals surface area contributed by atoms with Crippen molar-refractivity contribution in [3.63, 3.8) is 0 Å². The number of urea groups is 1. The van der Waals surface area contributed by atoms with Gasteiger partial charge in [-0.2, -0.15) is 5.10 Å². The molecule has 2 heterocycles. The molecule has 2 aromatic rings. The van der Waals surface area contributed by atoms with Crippen molar-refractivity contribution in [1.29, 1.82) is 0 Å². The average molecular weight is 346 g/mol. The minimum absolute atomic E-state index is 0.0910. The molecule has 134 valence electrons. The van der Waals surface area contributed by atoms with E-state index in [1.807, 2.05) is 18.5 Å². The predicted octanol–water partition coefficient (Wildman–Crippen LogP) is 2.67. The molecule has 1 aromatic heterocycles. The lowest BCUT2D eigenvalue weighted by atomic mass is 10.2. The molecule has 1 fully saturated rings. The van der Waals surface area contributed by atoms with E-state index in [9.17, 15) is 9.18 Å². The Morgan fingerprint density at radius 1 is 1.36 bits per heavy atom. The Balaban J connectivity index is 1.41. The molecule has 0 unspecified atom stereocenters. The Kier molecular flexibility index (Phi) is 5.21. The SMILES string of the molecule is Cc1cc(C)n([C@@H]2CCN(C(=O)NCCOc3ccc(F)cc3)C2)n1. The summed E-state index contributed by atoms with van der Waals surface area (Å²) in [5.74, 6) is 0.285. The topological polar surface area (TPSA) is 59.4 Å². The van der Waals surface area contributed by atoms with Crippen molar-refractivity contribution in [2.24, 2.45) is 0 Å². The van der Waals surface area contributed by atoms with Crippen molar-refractivity contribution in [1.82, 2.24) is 20.0 Å². The van der Waals surface area contributed by atoms with Gasteiger partial charge in [0.15, 0.2) is 0 Å². The Morgan fingerprint density at radius 2 is 2.12 bits per heavy atom. The van der Waals surface area contributed by atoms with Gasteiger partial charge in [0.1, 0.15) is 18.2 Å². The number of halogens is 1. The number of nitrogens with one attached hydrogen (secondary N) is 1.